The summed E-state index contributed by atoms with van der Waals surface area (Å²) in [5.74, 6) is 8.01. The number of nitrogens with zero attached hydrogens (tertiary/aromatic N) is 5. The van der Waals surface area contributed by atoms with Crippen molar-refractivity contribution in [1.29, 1.82) is 0 Å². The molecule has 0 aliphatic rings. The smallest absolute Gasteiger partial charge is 0.416 e. The van der Waals surface area contributed by atoms with Crippen molar-refractivity contribution in [2.45, 2.75) is 37.5 Å². The second-order valence-corrected chi connectivity index (χ2v) is 8.10. The molecule has 33 heavy (non-hydrogen) atoms. The first-order valence-electron chi connectivity index (χ1n) is 9.74. The van der Waals surface area contributed by atoms with E-state index in [9.17, 15) is 13.2 Å². The Hall–Kier alpha value is -3.54. The molecule has 12 heteroatoms. The zero-order chi connectivity index (χ0) is 23.6. The Kier molecular flexibility index (Phi) is 6.27. The minimum Gasteiger partial charge on any atom is -0.485 e. The molecule has 2 N–H and O–H groups in total. The quantitative estimate of drug-likeness (QED) is 0.306. The van der Waals surface area contributed by atoms with Crippen molar-refractivity contribution in [3.8, 4) is 17.1 Å². The number of hydrogen-bond acceptors (Lipinski definition) is 8. The normalized spacial score (nSPS) is 11.7. The summed E-state index contributed by atoms with van der Waals surface area (Å²) in [5, 5.41) is 12.4. The molecular formula is C21H19F3N6O2S. The fourth-order valence-corrected chi connectivity index (χ4v) is 3.75. The highest BCUT2D eigenvalue weighted by atomic mass is 32.2. The first-order valence-corrected chi connectivity index (χ1v) is 10.7. The molecule has 8 nitrogen and oxygen atoms in total. The van der Waals surface area contributed by atoms with Crippen LogP contribution < -0.4 is 10.6 Å². The minimum absolute atomic E-state index is 0.147. The third kappa shape index (κ3) is 5.11. The van der Waals surface area contributed by atoms with Gasteiger partial charge in [0.2, 0.25) is 16.9 Å². The van der Waals surface area contributed by atoms with E-state index in [4.69, 9.17) is 15.1 Å². The highest BCUT2D eigenvalue weighted by Gasteiger charge is 2.30. The van der Waals surface area contributed by atoms with Crippen LogP contribution in [0.15, 0.2) is 52.1 Å². The van der Waals surface area contributed by atoms with E-state index in [1.165, 1.54) is 28.6 Å². The fraction of sp³-hybridized carbons (Fsp3) is 0.238. The van der Waals surface area contributed by atoms with Crippen molar-refractivity contribution in [2.75, 3.05) is 5.84 Å². The number of nitrogen functional groups attached to an aromatic ring is 1. The van der Waals surface area contributed by atoms with Crippen LogP contribution in [0, 0.1) is 13.8 Å². The van der Waals surface area contributed by atoms with Crippen molar-refractivity contribution in [1.82, 2.24) is 25.0 Å². The monoisotopic (exact) mass is 476 g/mol. The molecule has 0 aliphatic heterocycles. The maximum atomic E-state index is 12.7. The van der Waals surface area contributed by atoms with Gasteiger partial charge in [-0.3, -0.25) is 0 Å². The van der Waals surface area contributed by atoms with Crippen molar-refractivity contribution in [2.24, 2.45) is 0 Å². The zero-order valence-electron chi connectivity index (χ0n) is 17.6. The summed E-state index contributed by atoms with van der Waals surface area (Å²) in [6.07, 6.45) is -4.40. The maximum Gasteiger partial charge on any atom is 0.416 e. The summed E-state index contributed by atoms with van der Waals surface area (Å²) in [7, 11) is 0. The van der Waals surface area contributed by atoms with Gasteiger partial charge in [0, 0.05) is 5.56 Å². The highest BCUT2D eigenvalue weighted by Crippen LogP contribution is 2.31. The summed E-state index contributed by atoms with van der Waals surface area (Å²) in [5.41, 5.74) is 1.68. The van der Waals surface area contributed by atoms with Gasteiger partial charge in [-0.1, -0.05) is 47.3 Å². The molecule has 4 rings (SSSR count). The molecule has 4 aromatic rings. The van der Waals surface area contributed by atoms with Crippen LogP contribution in [0.2, 0.25) is 0 Å². The van der Waals surface area contributed by atoms with E-state index in [0.717, 1.165) is 29.0 Å². The third-order valence-electron chi connectivity index (χ3n) is 4.75. The van der Waals surface area contributed by atoms with Gasteiger partial charge in [-0.15, -0.1) is 10.2 Å². The van der Waals surface area contributed by atoms with E-state index in [0.29, 0.717) is 16.5 Å². The number of hydrogen-bond donors (Lipinski definition) is 1. The predicted octanol–water partition coefficient (Wildman–Crippen LogP) is 4.55. The number of alkyl halides is 3. The van der Waals surface area contributed by atoms with Gasteiger partial charge < -0.3 is 15.1 Å². The van der Waals surface area contributed by atoms with Gasteiger partial charge in [0.1, 0.15) is 12.4 Å². The SMILES string of the molecule is Cc1cccc(C)c1OCc1nnc(SCc2nc(-c3ccc(C(F)(F)F)cc3)no2)n1N. The first kappa shape index (κ1) is 22.6. The summed E-state index contributed by atoms with van der Waals surface area (Å²) in [4.78, 5) is 4.22. The Balaban J connectivity index is 1.37. The standard InChI is InChI=1S/C21H19F3N6O2S/c1-12-4-3-5-13(2)18(12)31-10-16-27-28-20(30(16)25)33-11-17-26-19(29-32-17)14-6-8-15(9-7-14)21(22,23)24/h3-9H,10-11,25H2,1-2H3. The number of para-hydroxylation sites is 1. The predicted molar refractivity (Wildman–Crippen MR) is 115 cm³/mol. The molecule has 0 spiro atoms. The van der Waals surface area contributed by atoms with Gasteiger partial charge in [0.05, 0.1) is 11.3 Å². The molecule has 0 bridgehead atoms. The largest absolute Gasteiger partial charge is 0.485 e. The Morgan fingerprint density at radius 3 is 2.42 bits per heavy atom. The number of ether oxygens (including phenoxy) is 1. The van der Waals surface area contributed by atoms with Crippen molar-refractivity contribution in [3.05, 3.63) is 70.9 Å². The van der Waals surface area contributed by atoms with Crippen LogP contribution in [0.5, 0.6) is 5.75 Å². The Labute approximate surface area is 190 Å². The van der Waals surface area contributed by atoms with Crippen LogP contribution >= 0.6 is 11.8 Å². The van der Waals surface area contributed by atoms with Gasteiger partial charge in [0.15, 0.2) is 5.82 Å². The van der Waals surface area contributed by atoms with Crippen molar-refractivity contribution < 1.29 is 22.4 Å². The molecule has 0 radical (unpaired) electrons. The third-order valence-corrected chi connectivity index (χ3v) is 5.68. The number of thioether (sulfide) groups is 1. The number of aryl methyl sites for hydroxylation is 2. The van der Waals surface area contributed by atoms with E-state index >= 15 is 0 Å². The van der Waals surface area contributed by atoms with Crippen LogP contribution in [0.1, 0.15) is 28.4 Å². The summed E-state index contributed by atoms with van der Waals surface area (Å²) in [6, 6.07) is 10.4. The fourth-order valence-electron chi connectivity index (χ4n) is 3.03. The first-order chi connectivity index (χ1) is 15.7. The Morgan fingerprint density at radius 2 is 1.76 bits per heavy atom. The van der Waals surface area contributed by atoms with Crippen molar-refractivity contribution >= 4 is 11.8 Å². The van der Waals surface area contributed by atoms with Gasteiger partial charge in [0.25, 0.3) is 0 Å². The average Bonchev–Trinajstić information content (AvgIpc) is 3.38. The van der Waals surface area contributed by atoms with Crippen LogP contribution in [-0.4, -0.2) is 25.0 Å². The summed E-state index contributed by atoms with van der Waals surface area (Å²) < 4.78 is 50.5. The molecule has 172 valence electrons. The van der Waals surface area contributed by atoms with E-state index in [-0.39, 0.29) is 24.1 Å². The van der Waals surface area contributed by atoms with E-state index < -0.39 is 11.7 Å². The number of rotatable bonds is 7. The lowest BCUT2D eigenvalue weighted by Crippen LogP contribution is -2.16. The van der Waals surface area contributed by atoms with E-state index in [1.807, 2.05) is 32.0 Å². The molecule has 2 aromatic carbocycles. The number of benzene rings is 2. The molecule has 2 heterocycles. The van der Waals surface area contributed by atoms with Crippen LogP contribution in [0.25, 0.3) is 11.4 Å². The minimum atomic E-state index is -4.40. The van der Waals surface area contributed by atoms with Crippen molar-refractivity contribution in [3.63, 3.8) is 0 Å². The van der Waals surface area contributed by atoms with Crippen LogP contribution in [0.3, 0.4) is 0 Å². The maximum absolute atomic E-state index is 12.7. The summed E-state index contributed by atoms with van der Waals surface area (Å²) in [6.45, 7) is 4.06. The Morgan fingerprint density at radius 1 is 1.06 bits per heavy atom. The zero-order valence-corrected chi connectivity index (χ0v) is 18.4. The molecular weight excluding hydrogens is 457 g/mol. The van der Waals surface area contributed by atoms with Gasteiger partial charge >= 0.3 is 6.18 Å². The lowest BCUT2D eigenvalue weighted by molar-refractivity contribution is -0.137. The number of aromatic nitrogens is 5. The molecule has 0 amide bonds. The highest BCUT2D eigenvalue weighted by molar-refractivity contribution is 7.98. The average molecular weight is 476 g/mol. The number of halogens is 3. The van der Waals surface area contributed by atoms with E-state index in [2.05, 4.69) is 20.3 Å². The molecule has 2 aromatic heterocycles. The Bertz CT molecular complexity index is 1230. The second-order valence-electron chi connectivity index (χ2n) is 7.15. The molecule has 0 aliphatic carbocycles. The summed E-state index contributed by atoms with van der Waals surface area (Å²) >= 11 is 1.23. The van der Waals surface area contributed by atoms with Gasteiger partial charge in [-0.25, -0.2) is 4.68 Å². The topological polar surface area (TPSA) is 105 Å². The van der Waals surface area contributed by atoms with Crippen LogP contribution in [-0.2, 0) is 18.5 Å². The van der Waals surface area contributed by atoms with Crippen LogP contribution in [0.4, 0.5) is 13.2 Å². The number of nitrogens with two attached hydrogens (primary N) is 1. The molecule has 0 saturated carbocycles. The molecule has 0 unspecified atom stereocenters. The lowest BCUT2D eigenvalue weighted by Gasteiger charge is -2.11. The van der Waals surface area contributed by atoms with E-state index in [1.54, 1.807) is 0 Å². The second kappa shape index (κ2) is 9.14. The lowest BCUT2D eigenvalue weighted by atomic mass is 10.1. The molecule has 0 saturated heterocycles. The van der Waals surface area contributed by atoms with Gasteiger partial charge in [-0.2, -0.15) is 18.2 Å². The van der Waals surface area contributed by atoms with Gasteiger partial charge in [-0.05, 0) is 37.1 Å². The molecule has 0 fully saturated rings. The molecule has 0 atom stereocenters.